The van der Waals surface area contributed by atoms with E-state index in [4.69, 9.17) is 9.47 Å². The number of nitrogens with zero attached hydrogens (tertiary/aromatic N) is 1. The first-order valence-corrected chi connectivity index (χ1v) is 8.52. The molecule has 1 aliphatic rings. The minimum Gasteiger partial charge on any atom is -0.497 e. The summed E-state index contributed by atoms with van der Waals surface area (Å²) < 4.78 is 10.5. The summed E-state index contributed by atoms with van der Waals surface area (Å²) >= 11 is 0. The molecule has 2 aromatic rings. The Hall–Kier alpha value is -3.02. The summed E-state index contributed by atoms with van der Waals surface area (Å²) in [6, 6.07) is 12.1. The first-order chi connectivity index (χ1) is 12.6. The lowest BCUT2D eigenvalue weighted by Crippen LogP contribution is -2.35. The van der Waals surface area contributed by atoms with Crippen molar-refractivity contribution in [2.45, 2.75) is 25.8 Å². The number of carbonyl (C=O) groups is 2. The van der Waals surface area contributed by atoms with Crippen LogP contribution in [0.5, 0.6) is 11.5 Å². The van der Waals surface area contributed by atoms with E-state index in [1.807, 2.05) is 31.2 Å². The molecule has 1 atom stereocenters. The van der Waals surface area contributed by atoms with Crippen molar-refractivity contribution in [3.8, 4) is 11.5 Å². The molecule has 0 aliphatic carbocycles. The molecule has 6 nitrogen and oxygen atoms in total. The molecule has 0 spiro atoms. The fourth-order valence-corrected chi connectivity index (χ4v) is 3.13. The number of para-hydroxylation sites is 1. The third-order valence-electron chi connectivity index (χ3n) is 4.50. The summed E-state index contributed by atoms with van der Waals surface area (Å²) in [5.41, 5.74) is 2.28. The summed E-state index contributed by atoms with van der Waals surface area (Å²) in [5, 5.41) is 3.14. The van der Waals surface area contributed by atoms with Crippen LogP contribution in [0.25, 0.3) is 0 Å². The van der Waals surface area contributed by atoms with E-state index in [9.17, 15) is 9.59 Å². The van der Waals surface area contributed by atoms with Crippen LogP contribution < -0.4 is 19.7 Å². The van der Waals surface area contributed by atoms with Gasteiger partial charge in [0.1, 0.15) is 17.5 Å². The summed E-state index contributed by atoms with van der Waals surface area (Å²) in [6.07, 6.45) is 0.851. The van der Waals surface area contributed by atoms with Crippen molar-refractivity contribution in [1.82, 2.24) is 0 Å². The van der Waals surface area contributed by atoms with Crippen LogP contribution in [0.2, 0.25) is 0 Å². The second kappa shape index (κ2) is 7.47. The molecule has 2 amide bonds. The average molecular weight is 354 g/mol. The number of amides is 2. The summed E-state index contributed by atoms with van der Waals surface area (Å²) in [5.74, 6) is 0.742. The van der Waals surface area contributed by atoms with E-state index in [1.54, 1.807) is 32.4 Å². The number of hydrogen-bond donors (Lipinski definition) is 1. The molecule has 0 saturated carbocycles. The SMILES string of the molecule is CCc1ccccc1N1C(=O)C[C@H](Nc2ccc(OC)cc2OC)C1=O. The van der Waals surface area contributed by atoms with Crippen molar-refractivity contribution in [2.24, 2.45) is 0 Å². The van der Waals surface area contributed by atoms with Gasteiger partial charge in [-0.25, -0.2) is 4.90 Å². The molecule has 136 valence electrons. The second-order valence-electron chi connectivity index (χ2n) is 6.02. The van der Waals surface area contributed by atoms with E-state index in [2.05, 4.69) is 5.32 Å². The van der Waals surface area contributed by atoms with Gasteiger partial charge in [-0.1, -0.05) is 25.1 Å². The third kappa shape index (κ3) is 3.22. The van der Waals surface area contributed by atoms with Gasteiger partial charge in [0.2, 0.25) is 5.91 Å². The second-order valence-corrected chi connectivity index (χ2v) is 6.02. The summed E-state index contributed by atoms with van der Waals surface area (Å²) in [7, 11) is 3.12. The van der Waals surface area contributed by atoms with E-state index in [1.165, 1.54) is 4.90 Å². The van der Waals surface area contributed by atoms with E-state index < -0.39 is 6.04 Å². The van der Waals surface area contributed by atoms with Crippen molar-refractivity contribution in [3.63, 3.8) is 0 Å². The van der Waals surface area contributed by atoms with Gasteiger partial charge in [0.05, 0.1) is 32.0 Å². The van der Waals surface area contributed by atoms with Crippen LogP contribution in [-0.2, 0) is 16.0 Å². The molecule has 1 saturated heterocycles. The highest BCUT2D eigenvalue weighted by molar-refractivity contribution is 6.23. The Morgan fingerprint density at radius 3 is 2.58 bits per heavy atom. The molecular formula is C20H22N2O4. The Labute approximate surface area is 152 Å². The number of imide groups is 1. The molecule has 1 N–H and O–H groups in total. The van der Waals surface area contributed by atoms with Crippen LogP contribution in [0.1, 0.15) is 18.9 Å². The molecule has 6 heteroatoms. The lowest BCUT2D eigenvalue weighted by Gasteiger charge is -2.19. The molecule has 1 fully saturated rings. The maximum absolute atomic E-state index is 12.9. The molecule has 0 radical (unpaired) electrons. The average Bonchev–Trinajstić information content (AvgIpc) is 2.95. The normalized spacial score (nSPS) is 16.7. The molecule has 0 bridgehead atoms. The topological polar surface area (TPSA) is 67.9 Å². The zero-order chi connectivity index (χ0) is 18.7. The molecule has 2 aromatic carbocycles. The number of carbonyl (C=O) groups excluding carboxylic acids is 2. The fourth-order valence-electron chi connectivity index (χ4n) is 3.13. The zero-order valence-electron chi connectivity index (χ0n) is 15.1. The molecule has 1 aliphatic heterocycles. The van der Waals surface area contributed by atoms with Gasteiger partial charge in [-0.2, -0.15) is 0 Å². The molecule has 0 unspecified atom stereocenters. The summed E-state index contributed by atoms with van der Waals surface area (Å²) in [6.45, 7) is 2.00. The molecule has 26 heavy (non-hydrogen) atoms. The first kappa shape index (κ1) is 17.8. The standard InChI is InChI=1S/C20H22N2O4/c1-4-13-7-5-6-8-17(13)22-19(23)12-16(20(22)24)21-15-10-9-14(25-2)11-18(15)26-3/h5-11,16,21H,4,12H2,1-3H3/t16-/m0/s1. The van der Waals surface area contributed by atoms with Gasteiger partial charge in [-0.05, 0) is 30.2 Å². The molecule has 0 aromatic heterocycles. The predicted octanol–water partition coefficient (Wildman–Crippen LogP) is 3.01. The minimum absolute atomic E-state index is 0.103. The first-order valence-electron chi connectivity index (χ1n) is 8.52. The van der Waals surface area contributed by atoms with Crippen molar-refractivity contribution in [1.29, 1.82) is 0 Å². The number of hydrogen-bond acceptors (Lipinski definition) is 5. The number of ether oxygens (including phenoxy) is 2. The minimum atomic E-state index is -0.630. The van der Waals surface area contributed by atoms with Crippen LogP contribution in [0.4, 0.5) is 11.4 Å². The fraction of sp³-hybridized carbons (Fsp3) is 0.300. The zero-order valence-corrected chi connectivity index (χ0v) is 15.1. The van der Waals surface area contributed by atoms with Crippen LogP contribution in [0.3, 0.4) is 0 Å². The lowest BCUT2D eigenvalue weighted by molar-refractivity contribution is -0.121. The van der Waals surface area contributed by atoms with Gasteiger partial charge in [0, 0.05) is 6.07 Å². The quantitative estimate of drug-likeness (QED) is 0.808. The monoisotopic (exact) mass is 354 g/mol. The Morgan fingerprint density at radius 1 is 1.12 bits per heavy atom. The van der Waals surface area contributed by atoms with Crippen LogP contribution in [-0.4, -0.2) is 32.1 Å². The predicted molar refractivity (Wildman–Crippen MR) is 99.9 cm³/mol. The van der Waals surface area contributed by atoms with E-state index in [0.717, 1.165) is 12.0 Å². The van der Waals surface area contributed by atoms with Gasteiger partial charge < -0.3 is 14.8 Å². The largest absolute Gasteiger partial charge is 0.497 e. The number of aryl methyl sites for hydroxylation is 1. The van der Waals surface area contributed by atoms with Crippen molar-refractivity contribution in [3.05, 3.63) is 48.0 Å². The number of rotatable bonds is 6. The number of benzene rings is 2. The maximum atomic E-state index is 12.9. The maximum Gasteiger partial charge on any atom is 0.256 e. The molecule has 1 heterocycles. The lowest BCUT2D eigenvalue weighted by atomic mass is 10.1. The summed E-state index contributed by atoms with van der Waals surface area (Å²) in [4.78, 5) is 26.7. The Bertz CT molecular complexity index is 834. The van der Waals surface area contributed by atoms with Gasteiger partial charge in [-0.15, -0.1) is 0 Å². The Kier molecular flexibility index (Phi) is 5.11. The Morgan fingerprint density at radius 2 is 1.88 bits per heavy atom. The van der Waals surface area contributed by atoms with Gasteiger partial charge >= 0.3 is 0 Å². The molecule has 3 rings (SSSR count). The number of nitrogens with one attached hydrogen (secondary N) is 1. The highest BCUT2D eigenvalue weighted by Gasteiger charge is 2.40. The number of anilines is 2. The highest BCUT2D eigenvalue weighted by atomic mass is 16.5. The van der Waals surface area contributed by atoms with Crippen molar-refractivity contribution < 1.29 is 19.1 Å². The smallest absolute Gasteiger partial charge is 0.256 e. The van der Waals surface area contributed by atoms with Crippen molar-refractivity contribution in [2.75, 3.05) is 24.4 Å². The van der Waals surface area contributed by atoms with Gasteiger partial charge in [-0.3, -0.25) is 9.59 Å². The molecular weight excluding hydrogens is 332 g/mol. The van der Waals surface area contributed by atoms with Crippen LogP contribution in [0, 0.1) is 0 Å². The van der Waals surface area contributed by atoms with Crippen molar-refractivity contribution >= 4 is 23.2 Å². The van der Waals surface area contributed by atoms with E-state index >= 15 is 0 Å². The third-order valence-corrected chi connectivity index (χ3v) is 4.50. The van der Waals surface area contributed by atoms with Crippen LogP contribution >= 0.6 is 0 Å². The Balaban J connectivity index is 1.86. The van der Waals surface area contributed by atoms with Crippen LogP contribution in [0.15, 0.2) is 42.5 Å². The highest BCUT2D eigenvalue weighted by Crippen LogP contribution is 2.33. The van der Waals surface area contributed by atoms with Gasteiger partial charge in [0.15, 0.2) is 0 Å². The van der Waals surface area contributed by atoms with E-state index in [-0.39, 0.29) is 18.2 Å². The van der Waals surface area contributed by atoms with E-state index in [0.29, 0.717) is 22.9 Å². The number of methoxy groups -OCH3 is 2. The van der Waals surface area contributed by atoms with Gasteiger partial charge in [0.25, 0.3) is 5.91 Å².